The molecule has 0 spiro atoms. The van der Waals surface area contributed by atoms with Gasteiger partial charge < -0.3 is 0 Å². The summed E-state index contributed by atoms with van der Waals surface area (Å²) in [6.07, 6.45) is 6.10. The first-order valence-corrected chi connectivity index (χ1v) is 4.69. The third kappa shape index (κ3) is 2.65. The molecule has 0 radical (unpaired) electrons. The number of carbonyl (C=O) groups excluding carboxylic acids is 1. The first kappa shape index (κ1) is 9.90. The summed E-state index contributed by atoms with van der Waals surface area (Å²) < 4.78 is 0. The van der Waals surface area contributed by atoms with Gasteiger partial charge in [0.2, 0.25) is 0 Å². The number of ketones is 1. The first-order valence-electron chi connectivity index (χ1n) is 4.69. The number of aryl methyl sites for hydroxylation is 1. The van der Waals surface area contributed by atoms with Crippen molar-refractivity contribution in [3.8, 4) is 0 Å². The van der Waals surface area contributed by atoms with E-state index in [1.807, 2.05) is 6.92 Å². The summed E-state index contributed by atoms with van der Waals surface area (Å²) in [5.41, 5.74) is 1.80. The number of rotatable bonds is 4. The molecule has 1 aromatic rings. The van der Waals surface area contributed by atoms with Gasteiger partial charge in [0.15, 0.2) is 5.78 Å². The van der Waals surface area contributed by atoms with E-state index < -0.39 is 0 Å². The van der Waals surface area contributed by atoms with Crippen LogP contribution >= 0.6 is 0 Å². The van der Waals surface area contributed by atoms with E-state index in [9.17, 15) is 4.79 Å². The summed E-state index contributed by atoms with van der Waals surface area (Å²) in [4.78, 5) is 15.6. The molecule has 0 unspecified atom stereocenters. The molecule has 70 valence electrons. The Hall–Kier alpha value is -1.18. The maximum absolute atomic E-state index is 11.6. The van der Waals surface area contributed by atoms with E-state index in [0.29, 0.717) is 6.42 Å². The molecule has 13 heavy (non-hydrogen) atoms. The Labute approximate surface area is 79.0 Å². The predicted molar refractivity (Wildman–Crippen MR) is 52.8 cm³/mol. The number of hydrogen-bond donors (Lipinski definition) is 0. The summed E-state index contributed by atoms with van der Waals surface area (Å²) >= 11 is 0. The minimum atomic E-state index is 0.238. The third-order valence-electron chi connectivity index (χ3n) is 2.08. The number of pyridine rings is 1. The molecule has 1 rings (SSSR count). The molecule has 0 N–H and O–H groups in total. The maximum atomic E-state index is 11.6. The number of carbonyl (C=O) groups is 1. The average Bonchev–Trinajstić information content (AvgIpc) is 2.15. The lowest BCUT2D eigenvalue weighted by atomic mass is 10.0. The number of aromatic nitrogens is 1. The highest BCUT2D eigenvalue weighted by molar-refractivity contribution is 5.97. The van der Waals surface area contributed by atoms with Gasteiger partial charge >= 0.3 is 0 Å². The zero-order valence-corrected chi connectivity index (χ0v) is 8.21. The van der Waals surface area contributed by atoms with Crippen LogP contribution in [0.5, 0.6) is 0 Å². The van der Waals surface area contributed by atoms with Crippen LogP contribution in [0, 0.1) is 6.92 Å². The van der Waals surface area contributed by atoms with Gasteiger partial charge in [0.1, 0.15) is 0 Å². The summed E-state index contributed by atoms with van der Waals surface area (Å²) in [6, 6.07) is 1.80. The molecule has 2 heteroatoms. The largest absolute Gasteiger partial charge is 0.294 e. The van der Waals surface area contributed by atoms with Crippen molar-refractivity contribution in [2.75, 3.05) is 0 Å². The van der Waals surface area contributed by atoms with E-state index in [1.54, 1.807) is 18.5 Å². The molecule has 1 aromatic heterocycles. The smallest absolute Gasteiger partial charge is 0.163 e. The first-order chi connectivity index (χ1) is 6.25. The molecule has 0 aliphatic rings. The number of hydrogen-bond acceptors (Lipinski definition) is 2. The number of nitrogens with zero attached hydrogens (tertiary/aromatic N) is 1. The Bertz CT molecular complexity index is 294. The predicted octanol–water partition coefficient (Wildman–Crippen LogP) is 2.76. The fraction of sp³-hybridized carbons (Fsp3) is 0.455. The fourth-order valence-corrected chi connectivity index (χ4v) is 1.26. The Morgan fingerprint density at radius 1 is 1.54 bits per heavy atom. The van der Waals surface area contributed by atoms with Crippen LogP contribution in [0.3, 0.4) is 0 Å². The lowest BCUT2D eigenvalue weighted by Crippen LogP contribution is -2.01. The maximum Gasteiger partial charge on any atom is 0.163 e. The Balaban J connectivity index is 2.71. The summed E-state index contributed by atoms with van der Waals surface area (Å²) in [6.45, 7) is 4.01. The van der Waals surface area contributed by atoms with Crippen LogP contribution in [0.4, 0.5) is 0 Å². The quantitative estimate of drug-likeness (QED) is 0.662. The lowest BCUT2D eigenvalue weighted by Gasteiger charge is -2.02. The van der Waals surface area contributed by atoms with Gasteiger partial charge in [-0.05, 0) is 25.0 Å². The standard InChI is InChI=1S/C11H15NO/c1-3-4-5-11(13)10-6-7-12-8-9(10)2/h6-8H,3-5H2,1-2H3. The third-order valence-corrected chi connectivity index (χ3v) is 2.08. The molecule has 1 heterocycles. The Morgan fingerprint density at radius 3 is 2.92 bits per heavy atom. The summed E-state index contributed by atoms with van der Waals surface area (Å²) in [5, 5.41) is 0. The van der Waals surface area contributed by atoms with Crippen LogP contribution in [0.1, 0.15) is 42.1 Å². The van der Waals surface area contributed by atoms with Crippen molar-refractivity contribution in [2.45, 2.75) is 33.1 Å². The van der Waals surface area contributed by atoms with E-state index in [4.69, 9.17) is 0 Å². The van der Waals surface area contributed by atoms with Crippen molar-refractivity contribution >= 4 is 5.78 Å². The summed E-state index contributed by atoms with van der Waals surface area (Å²) in [7, 11) is 0. The van der Waals surface area contributed by atoms with Gasteiger partial charge in [0, 0.05) is 24.4 Å². The monoisotopic (exact) mass is 177 g/mol. The van der Waals surface area contributed by atoms with Crippen molar-refractivity contribution in [2.24, 2.45) is 0 Å². The van der Waals surface area contributed by atoms with E-state index in [2.05, 4.69) is 11.9 Å². The van der Waals surface area contributed by atoms with E-state index >= 15 is 0 Å². The van der Waals surface area contributed by atoms with Crippen molar-refractivity contribution in [3.05, 3.63) is 29.6 Å². The second kappa shape index (κ2) is 4.75. The molecular formula is C11H15NO. The normalized spacial score (nSPS) is 10.0. The number of unbranched alkanes of at least 4 members (excludes halogenated alkanes) is 1. The minimum absolute atomic E-state index is 0.238. The van der Waals surface area contributed by atoms with Crippen LogP contribution in [0.2, 0.25) is 0 Å². The molecule has 0 saturated heterocycles. The zero-order valence-electron chi connectivity index (χ0n) is 8.21. The zero-order chi connectivity index (χ0) is 9.68. The molecule has 0 aromatic carbocycles. The Kier molecular flexibility index (Phi) is 3.62. The molecule has 0 aliphatic heterocycles. The van der Waals surface area contributed by atoms with Crippen LogP contribution in [-0.4, -0.2) is 10.8 Å². The molecule has 0 atom stereocenters. The Morgan fingerprint density at radius 2 is 2.31 bits per heavy atom. The van der Waals surface area contributed by atoms with Gasteiger partial charge in [-0.25, -0.2) is 0 Å². The summed E-state index contributed by atoms with van der Waals surface area (Å²) in [5.74, 6) is 0.238. The van der Waals surface area contributed by atoms with Gasteiger partial charge in [0.05, 0.1) is 0 Å². The van der Waals surface area contributed by atoms with Crippen LogP contribution in [-0.2, 0) is 0 Å². The van der Waals surface area contributed by atoms with Crippen LogP contribution in [0.25, 0.3) is 0 Å². The molecule has 0 fully saturated rings. The van der Waals surface area contributed by atoms with Crippen LogP contribution in [0.15, 0.2) is 18.5 Å². The molecule has 0 bridgehead atoms. The van der Waals surface area contributed by atoms with Crippen molar-refractivity contribution in [3.63, 3.8) is 0 Å². The fourth-order valence-electron chi connectivity index (χ4n) is 1.26. The van der Waals surface area contributed by atoms with Crippen molar-refractivity contribution < 1.29 is 4.79 Å². The second-order valence-electron chi connectivity index (χ2n) is 3.22. The van der Waals surface area contributed by atoms with E-state index in [0.717, 1.165) is 24.0 Å². The highest BCUT2D eigenvalue weighted by Gasteiger charge is 2.06. The van der Waals surface area contributed by atoms with Gasteiger partial charge in [-0.2, -0.15) is 0 Å². The molecule has 2 nitrogen and oxygen atoms in total. The highest BCUT2D eigenvalue weighted by Crippen LogP contribution is 2.10. The topological polar surface area (TPSA) is 30.0 Å². The highest BCUT2D eigenvalue weighted by atomic mass is 16.1. The van der Waals surface area contributed by atoms with Gasteiger partial charge in [-0.15, -0.1) is 0 Å². The molecule has 0 amide bonds. The minimum Gasteiger partial charge on any atom is -0.294 e. The number of Topliss-reactive ketones (excluding diaryl/α,β-unsaturated/α-hetero) is 1. The lowest BCUT2D eigenvalue weighted by molar-refractivity contribution is 0.0979. The van der Waals surface area contributed by atoms with Gasteiger partial charge in [-0.3, -0.25) is 9.78 Å². The van der Waals surface area contributed by atoms with Gasteiger partial charge in [-0.1, -0.05) is 13.3 Å². The molecule has 0 aliphatic carbocycles. The van der Waals surface area contributed by atoms with Crippen molar-refractivity contribution in [1.82, 2.24) is 4.98 Å². The molecular weight excluding hydrogens is 162 g/mol. The average molecular weight is 177 g/mol. The van der Waals surface area contributed by atoms with Gasteiger partial charge in [0.25, 0.3) is 0 Å². The van der Waals surface area contributed by atoms with E-state index in [1.165, 1.54) is 0 Å². The SMILES string of the molecule is CCCCC(=O)c1ccncc1C. The van der Waals surface area contributed by atoms with Crippen LogP contribution < -0.4 is 0 Å². The van der Waals surface area contributed by atoms with E-state index in [-0.39, 0.29) is 5.78 Å². The van der Waals surface area contributed by atoms with Crippen molar-refractivity contribution in [1.29, 1.82) is 0 Å². The second-order valence-corrected chi connectivity index (χ2v) is 3.22. The molecule has 0 saturated carbocycles.